The van der Waals surface area contributed by atoms with E-state index in [2.05, 4.69) is 6.07 Å². The summed E-state index contributed by atoms with van der Waals surface area (Å²) in [6.07, 6.45) is 1.69. The molecule has 0 aliphatic carbocycles. The number of aromatic nitrogens is 1. The Balaban J connectivity index is 2.08. The molecule has 9 heteroatoms. The average Bonchev–Trinajstić information content (AvgIpc) is 3.19. The zero-order valence-electron chi connectivity index (χ0n) is 18.7. The van der Waals surface area contributed by atoms with Crippen molar-refractivity contribution >= 4 is 34.8 Å². The number of benzene rings is 2. The number of hydrogen-bond acceptors (Lipinski definition) is 8. The van der Waals surface area contributed by atoms with Gasteiger partial charge in [-0.05, 0) is 41.5 Å². The van der Waals surface area contributed by atoms with Gasteiger partial charge >= 0.3 is 5.97 Å². The zero-order chi connectivity index (χ0) is 24.4. The van der Waals surface area contributed by atoms with Crippen LogP contribution in [0.25, 0.3) is 17.5 Å². The first-order valence-corrected chi connectivity index (χ1v) is 11.0. The van der Waals surface area contributed by atoms with Crippen molar-refractivity contribution < 1.29 is 19.0 Å². The van der Waals surface area contributed by atoms with Gasteiger partial charge in [0.15, 0.2) is 0 Å². The Kier molecular flexibility index (Phi) is 6.25. The fourth-order valence-electron chi connectivity index (χ4n) is 3.89. The fourth-order valence-corrected chi connectivity index (χ4v) is 5.06. The highest BCUT2D eigenvalue weighted by molar-refractivity contribution is 7.07. The first-order chi connectivity index (χ1) is 16.4. The number of thiazole rings is 1. The third-order valence-electron chi connectivity index (χ3n) is 5.49. The topological polar surface area (TPSA) is 117 Å². The lowest BCUT2D eigenvalue weighted by Gasteiger charge is -2.24. The number of rotatable bonds is 5. The van der Waals surface area contributed by atoms with Gasteiger partial charge in [0.05, 0.1) is 49.0 Å². The van der Waals surface area contributed by atoms with Crippen molar-refractivity contribution in [1.29, 1.82) is 5.26 Å². The van der Waals surface area contributed by atoms with Gasteiger partial charge in [0, 0.05) is 0 Å². The number of methoxy groups -OCH3 is 3. The lowest BCUT2D eigenvalue weighted by molar-refractivity contribution is -0.134. The predicted molar refractivity (Wildman–Crippen MR) is 129 cm³/mol. The first kappa shape index (κ1) is 22.9. The van der Waals surface area contributed by atoms with Crippen LogP contribution in [0.15, 0.2) is 58.9 Å². The van der Waals surface area contributed by atoms with Gasteiger partial charge in [-0.3, -0.25) is 9.36 Å². The molecule has 2 aromatic carbocycles. The Hall–Kier alpha value is -4.29. The average molecular weight is 476 g/mol. The maximum Gasteiger partial charge on any atom is 0.337 e. The van der Waals surface area contributed by atoms with E-state index in [-0.39, 0.29) is 17.0 Å². The standard InChI is InChI=1S/C25H21N3O5S/c1-31-16-8-4-6-14(10-16)11-19-23(29)28-22(27)18(13-26)20(15-7-5-9-17(12-15)32-2)21(24(28)34-19)25(30)33-3/h4-12,20H,27H2,1-3H3/b19-11+. The molecule has 0 bridgehead atoms. The highest BCUT2D eigenvalue weighted by Gasteiger charge is 2.36. The first-order valence-electron chi connectivity index (χ1n) is 10.2. The van der Waals surface area contributed by atoms with E-state index in [0.29, 0.717) is 26.3 Å². The van der Waals surface area contributed by atoms with Crippen LogP contribution in [0.1, 0.15) is 17.0 Å². The van der Waals surface area contributed by atoms with Gasteiger partial charge in [-0.15, -0.1) is 11.3 Å². The van der Waals surface area contributed by atoms with Crippen LogP contribution in [-0.2, 0) is 9.53 Å². The lowest BCUT2D eigenvalue weighted by Crippen LogP contribution is -2.40. The molecule has 0 amide bonds. The minimum atomic E-state index is -0.824. The fraction of sp³-hybridized carbons (Fsp3) is 0.160. The number of esters is 1. The molecule has 0 saturated carbocycles. The number of hydrogen-bond donors (Lipinski definition) is 1. The molecule has 2 heterocycles. The van der Waals surface area contributed by atoms with Crippen molar-refractivity contribution in [2.45, 2.75) is 5.92 Å². The molecule has 4 rings (SSSR count). The molecular formula is C25H21N3O5S. The molecule has 0 radical (unpaired) electrons. The normalized spacial score (nSPS) is 15.5. The molecule has 1 aliphatic rings. The molecule has 34 heavy (non-hydrogen) atoms. The molecule has 1 aliphatic heterocycles. The van der Waals surface area contributed by atoms with E-state index in [1.807, 2.05) is 12.1 Å². The largest absolute Gasteiger partial charge is 0.497 e. The monoisotopic (exact) mass is 475 g/mol. The van der Waals surface area contributed by atoms with Crippen LogP contribution in [0.3, 0.4) is 0 Å². The van der Waals surface area contributed by atoms with Crippen molar-refractivity contribution in [2.75, 3.05) is 21.3 Å². The second-order valence-corrected chi connectivity index (χ2v) is 8.39. The van der Waals surface area contributed by atoms with Gasteiger partial charge in [-0.1, -0.05) is 24.3 Å². The summed E-state index contributed by atoms with van der Waals surface area (Å²) in [4.78, 5) is 26.3. The molecule has 1 atom stereocenters. The molecule has 0 fully saturated rings. The Morgan fingerprint density at radius 3 is 2.44 bits per heavy atom. The van der Waals surface area contributed by atoms with Crippen LogP contribution in [0, 0.1) is 11.3 Å². The van der Waals surface area contributed by atoms with Crippen LogP contribution >= 0.6 is 11.3 Å². The van der Waals surface area contributed by atoms with Gasteiger partial charge in [0.1, 0.15) is 22.0 Å². The van der Waals surface area contributed by atoms with Crippen LogP contribution in [0.4, 0.5) is 0 Å². The van der Waals surface area contributed by atoms with Crippen molar-refractivity contribution in [3.05, 3.63) is 84.8 Å². The highest BCUT2D eigenvalue weighted by atomic mass is 32.1. The minimum Gasteiger partial charge on any atom is -0.497 e. The number of nitriles is 1. The number of fused-ring (bicyclic) bond motifs is 1. The summed E-state index contributed by atoms with van der Waals surface area (Å²) in [7, 11) is 4.34. The molecule has 172 valence electrons. The molecule has 1 aromatic heterocycles. The summed E-state index contributed by atoms with van der Waals surface area (Å²) in [6.45, 7) is 0. The molecular weight excluding hydrogens is 454 g/mol. The quantitative estimate of drug-likeness (QED) is 0.556. The van der Waals surface area contributed by atoms with E-state index in [1.54, 1.807) is 49.6 Å². The maximum absolute atomic E-state index is 13.3. The molecule has 0 saturated heterocycles. The molecule has 0 spiro atoms. The second-order valence-electron chi connectivity index (χ2n) is 7.36. The molecule has 8 nitrogen and oxygen atoms in total. The SMILES string of the molecule is COC(=O)C1=c2s/c(=C/c3cccc(OC)c3)c(=O)n2C(N)=C(C#N)C1c1cccc(OC)c1. The number of carbonyl (C=O) groups is 1. The van der Waals surface area contributed by atoms with E-state index < -0.39 is 17.4 Å². The third-order valence-corrected chi connectivity index (χ3v) is 6.60. The smallest absolute Gasteiger partial charge is 0.337 e. The maximum atomic E-state index is 13.3. The summed E-state index contributed by atoms with van der Waals surface area (Å²) >= 11 is 1.11. The Morgan fingerprint density at radius 1 is 1.12 bits per heavy atom. The van der Waals surface area contributed by atoms with Crippen LogP contribution < -0.4 is 30.0 Å². The Morgan fingerprint density at radius 2 is 1.79 bits per heavy atom. The van der Waals surface area contributed by atoms with E-state index in [0.717, 1.165) is 16.9 Å². The van der Waals surface area contributed by atoms with E-state index in [9.17, 15) is 14.9 Å². The minimum absolute atomic E-state index is 0.0236. The molecule has 2 N–H and O–H groups in total. The Labute approximate surface area is 199 Å². The summed E-state index contributed by atoms with van der Waals surface area (Å²) < 4.78 is 17.5. The Bertz CT molecular complexity index is 1540. The van der Waals surface area contributed by atoms with Gasteiger partial charge in [0.2, 0.25) is 0 Å². The summed E-state index contributed by atoms with van der Waals surface area (Å²) in [6, 6.07) is 16.3. The van der Waals surface area contributed by atoms with Crippen molar-refractivity contribution in [1.82, 2.24) is 4.57 Å². The second kappa shape index (κ2) is 9.29. The van der Waals surface area contributed by atoms with E-state index >= 15 is 0 Å². The van der Waals surface area contributed by atoms with Gasteiger partial charge < -0.3 is 19.9 Å². The summed E-state index contributed by atoms with van der Waals surface area (Å²) in [5, 5.41) is 9.99. The van der Waals surface area contributed by atoms with Crippen molar-refractivity contribution in [3.63, 3.8) is 0 Å². The number of nitrogens with zero attached hydrogens (tertiary/aromatic N) is 2. The lowest BCUT2D eigenvalue weighted by atomic mass is 9.84. The highest BCUT2D eigenvalue weighted by Crippen LogP contribution is 2.37. The molecule has 3 aromatic rings. The van der Waals surface area contributed by atoms with Gasteiger partial charge in [-0.25, -0.2) is 4.79 Å². The van der Waals surface area contributed by atoms with Crippen LogP contribution in [0.5, 0.6) is 11.5 Å². The van der Waals surface area contributed by atoms with E-state index in [4.69, 9.17) is 19.9 Å². The van der Waals surface area contributed by atoms with Crippen LogP contribution in [0.2, 0.25) is 0 Å². The van der Waals surface area contributed by atoms with Crippen molar-refractivity contribution in [3.8, 4) is 17.6 Å². The van der Waals surface area contributed by atoms with E-state index in [1.165, 1.54) is 18.8 Å². The number of carbonyl (C=O) groups excluding carboxylic acids is 1. The third kappa shape index (κ3) is 3.84. The zero-order valence-corrected chi connectivity index (χ0v) is 19.5. The van der Waals surface area contributed by atoms with Crippen molar-refractivity contribution in [2.24, 2.45) is 5.73 Å². The molecule has 1 unspecified atom stereocenters. The number of nitrogens with two attached hydrogens (primary N) is 1. The number of allylic oxidation sites excluding steroid dienone is 1. The van der Waals surface area contributed by atoms with Gasteiger partial charge in [0.25, 0.3) is 5.56 Å². The predicted octanol–water partition coefficient (Wildman–Crippen LogP) is 1.53. The summed E-state index contributed by atoms with van der Waals surface area (Å²) in [5.41, 5.74) is 7.51. The van der Waals surface area contributed by atoms with Crippen LogP contribution in [-0.4, -0.2) is 31.9 Å². The number of ether oxygens (including phenoxy) is 3. The van der Waals surface area contributed by atoms with Gasteiger partial charge in [-0.2, -0.15) is 5.26 Å². The summed E-state index contributed by atoms with van der Waals surface area (Å²) in [5.74, 6) is -0.309.